The molecule has 0 fully saturated rings. The van der Waals surface area contributed by atoms with Crippen LogP contribution in [0.25, 0.3) is 0 Å². The van der Waals surface area contributed by atoms with E-state index in [0.717, 1.165) is 37.1 Å². The molecule has 1 aliphatic rings. The first kappa shape index (κ1) is 17.7. The Morgan fingerprint density at radius 1 is 1.14 bits per heavy atom. The number of hydrogen-bond acceptors (Lipinski definition) is 5. The van der Waals surface area contributed by atoms with Crippen LogP contribution < -0.4 is 21.5 Å². The van der Waals surface area contributed by atoms with Crippen LogP contribution in [0.5, 0.6) is 0 Å². The van der Waals surface area contributed by atoms with Gasteiger partial charge >= 0.3 is 5.69 Å². The van der Waals surface area contributed by atoms with E-state index in [1.807, 2.05) is 23.2 Å². The van der Waals surface area contributed by atoms with Crippen molar-refractivity contribution in [1.82, 2.24) is 20.3 Å². The molecule has 0 atom stereocenters. The largest absolute Gasteiger partial charge is 0.352 e. The van der Waals surface area contributed by atoms with Crippen LogP contribution in [0.2, 0.25) is 0 Å². The Balaban J connectivity index is 1.52. The van der Waals surface area contributed by atoms with Crippen LogP contribution in [0.3, 0.4) is 0 Å². The third kappa shape index (κ3) is 3.57. The van der Waals surface area contributed by atoms with Crippen LogP contribution in [0.4, 0.5) is 5.82 Å². The van der Waals surface area contributed by atoms with Gasteiger partial charge in [0, 0.05) is 37.6 Å². The normalized spacial score (nSPS) is 13.1. The number of anilines is 1. The Labute approximate surface area is 160 Å². The maximum atomic E-state index is 12.3. The number of amides is 1. The van der Waals surface area contributed by atoms with Gasteiger partial charge in [-0.15, -0.1) is 0 Å². The first-order valence-electron chi connectivity index (χ1n) is 8.97. The second kappa shape index (κ2) is 7.51. The molecule has 142 valence electrons. The Morgan fingerprint density at radius 2 is 1.96 bits per heavy atom. The third-order valence-corrected chi connectivity index (χ3v) is 4.80. The molecule has 8 heteroatoms. The van der Waals surface area contributed by atoms with Crippen LogP contribution in [0.1, 0.15) is 27.0 Å². The van der Waals surface area contributed by atoms with Gasteiger partial charge in [-0.25, -0.2) is 9.78 Å². The minimum atomic E-state index is -0.722. The third-order valence-electron chi connectivity index (χ3n) is 4.80. The first-order valence-corrected chi connectivity index (χ1v) is 8.97. The van der Waals surface area contributed by atoms with Crippen molar-refractivity contribution < 1.29 is 4.79 Å². The zero-order valence-electron chi connectivity index (χ0n) is 15.1. The molecule has 0 bridgehead atoms. The number of rotatable bonds is 4. The molecule has 1 amide bonds. The average Bonchev–Trinajstić information content (AvgIpc) is 2.72. The lowest BCUT2D eigenvalue weighted by Crippen LogP contribution is -2.34. The fourth-order valence-corrected chi connectivity index (χ4v) is 3.38. The molecule has 0 radical (unpaired) electrons. The summed E-state index contributed by atoms with van der Waals surface area (Å²) in [7, 11) is 0. The van der Waals surface area contributed by atoms with Crippen molar-refractivity contribution in [1.29, 1.82) is 0 Å². The van der Waals surface area contributed by atoms with Gasteiger partial charge in [0.15, 0.2) is 0 Å². The van der Waals surface area contributed by atoms with Gasteiger partial charge in [0.2, 0.25) is 0 Å². The van der Waals surface area contributed by atoms with Gasteiger partial charge in [-0.05, 0) is 23.6 Å². The molecule has 0 unspecified atom stereocenters. The van der Waals surface area contributed by atoms with E-state index in [1.54, 1.807) is 6.20 Å². The zero-order valence-corrected chi connectivity index (χ0v) is 15.1. The van der Waals surface area contributed by atoms with E-state index < -0.39 is 17.2 Å². The minimum absolute atomic E-state index is 0.142. The maximum absolute atomic E-state index is 12.3. The van der Waals surface area contributed by atoms with Crippen LogP contribution in [0, 0.1) is 0 Å². The molecule has 0 saturated heterocycles. The summed E-state index contributed by atoms with van der Waals surface area (Å²) in [5, 5.41) is 2.73. The number of fused-ring (bicyclic) bond motifs is 1. The highest BCUT2D eigenvalue weighted by Gasteiger charge is 2.20. The molecule has 1 aliphatic heterocycles. The molecule has 8 nitrogen and oxygen atoms in total. The summed E-state index contributed by atoms with van der Waals surface area (Å²) in [6, 6.07) is 12.1. The van der Waals surface area contributed by atoms with E-state index in [0.29, 0.717) is 0 Å². The number of carbonyl (C=O) groups is 1. The molecule has 0 saturated carbocycles. The van der Waals surface area contributed by atoms with Crippen molar-refractivity contribution in [2.45, 2.75) is 19.5 Å². The monoisotopic (exact) mass is 377 g/mol. The smallest absolute Gasteiger partial charge is 0.325 e. The summed E-state index contributed by atoms with van der Waals surface area (Å²) in [4.78, 5) is 46.2. The molecule has 3 heterocycles. The van der Waals surface area contributed by atoms with E-state index in [9.17, 15) is 14.4 Å². The highest BCUT2D eigenvalue weighted by Crippen LogP contribution is 2.25. The van der Waals surface area contributed by atoms with E-state index in [2.05, 4.69) is 38.4 Å². The number of aromatic nitrogens is 3. The SMILES string of the molecule is O=C(NCc1cccnc1N1CCc2ccccc2C1)c1c[nH]c(=O)[nH]c1=O. The van der Waals surface area contributed by atoms with Gasteiger partial charge in [-0.3, -0.25) is 14.6 Å². The Hall–Kier alpha value is -3.68. The Bertz CT molecular complexity index is 1130. The number of hydrogen-bond donors (Lipinski definition) is 3. The first-order chi connectivity index (χ1) is 13.6. The predicted octanol–water partition coefficient (Wildman–Crippen LogP) is 0.951. The van der Waals surface area contributed by atoms with E-state index in [4.69, 9.17) is 0 Å². The average molecular weight is 377 g/mol. The van der Waals surface area contributed by atoms with E-state index >= 15 is 0 Å². The number of H-pyrrole nitrogens is 2. The summed E-state index contributed by atoms with van der Waals surface area (Å²) in [6.45, 7) is 1.82. The molecule has 2 aromatic heterocycles. The van der Waals surface area contributed by atoms with Crippen LogP contribution in [-0.2, 0) is 19.5 Å². The highest BCUT2D eigenvalue weighted by atomic mass is 16.2. The van der Waals surface area contributed by atoms with Crippen LogP contribution in [0.15, 0.2) is 58.4 Å². The summed E-state index contributed by atoms with van der Waals surface area (Å²) in [6.07, 6.45) is 3.78. The van der Waals surface area contributed by atoms with Crippen molar-refractivity contribution >= 4 is 11.7 Å². The standard InChI is InChI=1S/C20H19N5O3/c26-18(16-11-23-20(28)24-19(16)27)22-10-14-6-3-8-21-17(14)25-9-7-13-4-1-2-5-15(13)12-25/h1-6,8,11H,7,9-10,12H2,(H,22,26)(H2,23,24,27,28). The highest BCUT2D eigenvalue weighted by molar-refractivity contribution is 5.93. The van der Waals surface area contributed by atoms with Gasteiger partial charge < -0.3 is 15.2 Å². The van der Waals surface area contributed by atoms with Gasteiger partial charge in [-0.2, -0.15) is 0 Å². The summed E-state index contributed by atoms with van der Waals surface area (Å²) >= 11 is 0. The minimum Gasteiger partial charge on any atom is -0.352 e. The lowest BCUT2D eigenvalue weighted by Gasteiger charge is -2.31. The fourth-order valence-electron chi connectivity index (χ4n) is 3.38. The van der Waals surface area contributed by atoms with Gasteiger partial charge in [-0.1, -0.05) is 30.3 Å². The Kier molecular flexibility index (Phi) is 4.76. The fraction of sp³-hybridized carbons (Fsp3) is 0.200. The number of benzene rings is 1. The maximum Gasteiger partial charge on any atom is 0.325 e. The van der Waals surface area contributed by atoms with Crippen molar-refractivity contribution in [3.8, 4) is 0 Å². The summed E-state index contributed by atoms with van der Waals surface area (Å²) in [5.74, 6) is 0.254. The molecule has 0 aliphatic carbocycles. The van der Waals surface area contributed by atoms with Gasteiger partial charge in [0.05, 0.1) is 0 Å². The Morgan fingerprint density at radius 3 is 2.79 bits per heavy atom. The lowest BCUT2D eigenvalue weighted by atomic mass is 9.99. The predicted molar refractivity (Wildman–Crippen MR) is 104 cm³/mol. The number of aromatic amines is 2. The van der Waals surface area contributed by atoms with Crippen LogP contribution in [-0.4, -0.2) is 27.4 Å². The van der Waals surface area contributed by atoms with Gasteiger partial charge in [0.1, 0.15) is 11.4 Å². The second-order valence-electron chi connectivity index (χ2n) is 6.59. The molecule has 1 aromatic carbocycles. The van der Waals surface area contributed by atoms with Crippen molar-refractivity contribution in [2.24, 2.45) is 0 Å². The quantitative estimate of drug-likeness (QED) is 0.627. The molecule has 0 spiro atoms. The summed E-state index contributed by atoms with van der Waals surface area (Å²) < 4.78 is 0. The van der Waals surface area contributed by atoms with Crippen molar-refractivity contribution in [2.75, 3.05) is 11.4 Å². The molecule has 28 heavy (non-hydrogen) atoms. The molecular formula is C20H19N5O3. The molecule has 4 rings (SSSR count). The molecule has 3 aromatic rings. The number of nitrogens with one attached hydrogen (secondary N) is 3. The van der Waals surface area contributed by atoms with E-state index in [-0.39, 0.29) is 12.1 Å². The lowest BCUT2D eigenvalue weighted by molar-refractivity contribution is 0.0949. The topological polar surface area (TPSA) is 111 Å². The second-order valence-corrected chi connectivity index (χ2v) is 6.59. The molecular weight excluding hydrogens is 358 g/mol. The number of pyridine rings is 1. The number of carbonyl (C=O) groups excluding carboxylic acids is 1. The number of nitrogens with zero attached hydrogens (tertiary/aromatic N) is 2. The molecule has 3 N–H and O–H groups in total. The van der Waals surface area contributed by atoms with Crippen molar-refractivity contribution in [3.05, 3.63) is 91.9 Å². The summed E-state index contributed by atoms with van der Waals surface area (Å²) in [5.41, 5.74) is 1.96. The zero-order chi connectivity index (χ0) is 19.5. The van der Waals surface area contributed by atoms with E-state index in [1.165, 1.54) is 11.1 Å². The van der Waals surface area contributed by atoms with Gasteiger partial charge in [0.25, 0.3) is 11.5 Å². The van der Waals surface area contributed by atoms with Crippen molar-refractivity contribution in [3.63, 3.8) is 0 Å². The van der Waals surface area contributed by atoms with Crippen LogP contribution >= 0.6 is 0 Å².